The zero-order valence-corrected chi connectivity index (χ0v) is 22.3. The van der Waals surface area contributed by atoms with Crippen LogP contribution in [0.15, 0.2) is 58.5 Å². The van der Waals surface area contributed by atoms with Crippen molar-refractivity contribution in [1.29, 1.82) is 0 Å². The number of nitrogens with zero attached hydrogens (tertiary/aromatic N) is 3. The van der Waals surface area contributed by atoms with Crippen LogP contribution in [0.2, 0.25) is 0 Å². The fourth-order valence-corrected chi connectivity index (χ4v) is 5.80. The first-order chi connectivity index (χ1) is 17.3. The molecule has 0 bridgehead atoms. The summed E-state index contributed by atoms with van der Waals surface area (Å²) in [5, 5.41) is 0.282. The van der Waals surface area contributed by atoms with Crippen molar-refractivity contribution in [2.45, 2.75) is 25.4 Å². The minimum absolute atomic E-state index is 0.0683. The van der Waals surface area contributed by atoms with Crippen LogP contribution in [0, 0.1) is 10.9 Å². The molecule has 2 aromatic carbocycles. The highest BCUT2D eigenvalue weighted by Gasteiger charge is 2.22. The number of hydrogen-bond acceptors (Lipinski definition) is 9. The van der Waals surface area contributed by atoms with Crippen LogP contribution in [0.1, 0.15) is 18.9 Å². The van der Waals surface area contributed by atoms with E-state index in [0.717, 1.165) is 23.0 Å². The maximum Gasteiger partial charge on any atom is 0.313 e. The van der Waals surface area contributed by atoms with Crippen LogP contribution in [0.5, 0.6) is 5.75 Å². The van der Waals surface area contributed by atoms with E-state index in [1.54, 1.807) is 35.8 Å². The minimum Gasteiger partial charge on any atom is -0.495 e. The normalized spacial score (nSPS) is 11.0. The molecule has 8 nitrogen and oxygen atoms in total. The Morgan fingerprint density at radius 1 is 1.08 bits per heavy atom. The molecule has 0 saturated heterocycles. The van der Waals surface area contributed by atoms with Gasteiger partial charge in [0.15, 0.2) is 20.5 Å². The number of benzene rings is 2. The van der Waals surface area contributed by atoms with Crippen molar-refractivity contribution in [3.8, 4) is 17.1 Å². The van der Waals surface area contributed by atoms with Gasteiger partial charge in [0.1, 0.15) is 16.9 Å². The molecule has 0 radical (unpaired) electrons. The number of aryl methyl sites for hydroxylation is 1. The number of carbonyl (C=O) groups is 2. The lowest BCUT2D eigenvalue weighted by Crippen LogP contribution is -2.23. The summed E-state index contributed by atoms with van der Waals surface area (Å²) < 4.78 is 14.4. The van der Waals surface area contributed by atoms with Crippen molar-refractivity contribution in [3.63, 3.8) is 0 Å². The van der Waals surface area contributed by atoms with Crippen LogP contribution in [0.25, 0.3) is 21.7 Å². The molecule has 0 amide bonds. The highest BCUT2D eigenvalue weighted by atomic mass is 32.2. The molecular weight excluding hydrogens is 518 g/mol. The Morgan fingerprint density at radius 3 is 2.47 bits per heavy atom. The third-order valence-corrected chi connectivity index (χ3v) is 7.62. The van der Waals surface area contributed by atoms with Crippen molar-refractivity contribution < 1.29 is 19.1 Å². The summed E-state index contributed by atoms with van der Waals surface area (Å²) >= 11 is 7.89. The topological polar surface area (TPSA) is 92.4 Å². The van der Waals surface area contributed by atoms with Gasteiger partial charge in [0, 0.05) is 0 Å². The van der Waals surface area contributed by atoms with Gasteiger partial charge in [0.05, 0.1) is 30.8 Å². The van der Waals surface area contributed by atoms with Gasteiger partial charge in [-0.2, -0.15) is 0 Å². The maximum absolute atomic E-state index is 13.9. The van der Waals surface area contributed by atoms with Gasteiger partial charge in [-0.25, -0.2) is 4.98 Å². The number of methoxy groups -OCH3 is 1. The molecule has 4 rings (SSSR count). The fraction of sp³-hybridized carbons (Fsp3) is 0.240. The smallest absolute Gasteiger partial charge is 0.313 e. The van der Waals surface area contributed by atoms with Crippen LogP contribution < -0.4 is 10.3 Å². The second kappa shape index (κ2) is 11.2. The van der Waals surface area contributed by atoms with Crippen LogP contribution in [-0.2, 0) is 14.3 Å². The van der Waals surface area contributed by atoms with Crippen LogP contribution >= 0.6 is 35.3 Å². The molecule has 0 aliphatic rings. The molecular formula is C25H23N3O5S3. The summed E-state index contributed by atoms with van der Waals surface area (Å²) in [6.07, 6.45) is -0.347. The van der Waals surface area contributed by atoms with Gasteiger partial charge in [-0.15, -0.1) is 0 Å². The van der Waals surface area contributed by atoms with E-state index < -0.39 is 5.97 Å². The van der Waals surface area contributed by atoms with Gasteiger partial charge in [0.2, 0.25) is 0 Å². The Hall–Kier alpha value is -3.28. The summed E-state index contributed by atoms with van der Waals surface area (Å²) in [5.41, 5.74) is 2.37. The molecule has 0 fully saturated rings. The van der Waals surface area contributed by atoms with Crippen molar-refractivity contribution >= 4 is 57.4 Å². The molecule has 0 spiro atoms. The number of fused-ring (bicyclic) bond motifs is 1. The van der Waals surface area contributed by atoms with Gasteiger partial charge in [0.25, 0.3) is 5.56 Å². The third kappa shape index (κ3) is 5.13. The molecule has 0 saturated carbocycles. The number of rotatable bonds is 9. The Bertz CT molecular complexity index is 1570. The number of ether oxygens (including phenoxy) is 2. The van der Waals surface area contributed by atoms with E-state index in [0.29, 0.717) is 25.7 Å². The Balaban J connectivity index is 1.90. The molecule has 11 heteroatoms. The van der Waals surface area contributed by atoms with E-state index in [-0.39, 0.29) is 35.3 Å². The number of Topliss-reactive ketones (excluding diaryl/α,β-unsaturated/α-hetero) is 1. The SMILES string of the molecule is CCOC(=O)CC(=O)CSc1nc2c(sc(=S)n2-c2ccccc2C)c(=O)n1-c1ccccc1OC. The van der Waals surface area contributed by atoms with Gasteiger partial charge >= 0.3 is 5.97 Å². The number of ketones is 1. The summed E-state index contributed by atoms with van der Waals surface area (Å²) in [6, 6.07) is 14.8. The first-order valence-electron chi connectivity index (χ1n) is 11.0. The molecule has 186 valence electrons. The van der Waals surface area contributed by atoms with Gasteiger partial charge < -0.3 is 9.47 Å². The average molecular weight is 542 g/mol. The van der Waals surface area contributed by atoms with Gasteiger partial charge in [-0.05, 0) is 49.8 Å². The standard InChI is InChI=1S/C25H23N3O5S3/c1-4-33-20(30)13-16(29)14-35-24-26-22-21(23(31)28(24)18-11-7-8-12-19(18)32-3)36-25(34)27(22)17-10-6-5-9-15(17)2/h5-12H,4,13-14H2,1-3H3. The molecule has 0 N–H and O–H groups in total. The maximum atomic E-state index is 13.9. The molecule has 0 atom stereocenters. The van der Waals surface area contributed by atoms with E-state index in [9.17, 15) is 14.4 Å². The van der Waals surface area contributed by atoms with Crippen molar-refractivity contribution in [3.05, 3.63) is 68.4 Å². The number of esters is 1. The van der Waals surface area contributed by atoms with E-state index in [2.05, 4.69) is 0 Å². The second-order valence-corrected chi connectivity index (χ2v) is 10.2. The Labute approximate surface area is 220 Å². The largest absolute Gasteiger partial charge is 0.495 e. The van der Waals surface area contributed by atoms with Crippen LogP contribution in [0.3, 0.4) is 0 Å². The Kier molecular flexibility index (Phi) is 8.02. The lowest BCUT2D eigenvalue weighted by molar-refractivity contribution is -0.145. The van der Waals surface area contributed by atoms with Crippen molar-refractivity contribution in [1.82, 2.24) is 14.1 Å². The van der Waals surface area contributed by atoms with E-state index in [4.69, 9.17) is 26.7 Å². The lowest BCUT2D eigenvalue weighted by atomic mass is 10.2. The molecule has 4 aromatic rings. The van der Waals surface area contributed by atoms with Crippen molar-refractivity contribution in [2.24, 2.45) is 0 Å². The molecule has 36 heavy (non-hydrogen) atoms. The summed E-state index contributed by atoms with van der Waals surface area (Å²) in [7, 11) is 1.52. The number of aromatic nitrogens is 3. The predicted octanol–water partition coefficient (Wildman–Crippen LogP) is 4.90. The first kappa shape index (κ1) is 25.8. The van der Waals surface area contributed by atoms with Crippen LogP contribution in [-0.4, -0.2) is 45.3 Å². The molecule has 2 heterocycles. The summed E-state index contributed by atoms with van der Waals surface area (Å²) in [4.78, 5) is 42.9. The van der Waals surface area contributed by atoms with E-state index >= 15 is 0 Å². The van der Waals surface area contributed by atoms with Crippen LogP contribution in [0.4, 0.5) is 0 Å². The lowest BCUT2D eigenvalue weighted by Gasteiger charge is -2.15. The van der Waals surface area contributed by atoms with E-state index in [1.807, 2.05) is 31.2 Å². The van der Waals surface area contributed by atoms with Crippen molar-refractivity contribution in [2.75, 3.05) is 19.5 Å². The third-order valence-electron chi connectivity index (χ3n) is 5.27. The van der Waals surface area contributed by atoms with Gasteiger partial charge in [-0.3, -0.25) is 23.5 Å². The predicted molar refractivity (Wildman–Crippen MR) is 144 cm³/mol. The minimum atomic E-state index is -0.584. The zero-order chi connectivity index (χ0) is 25.8. The molecule has 2 aromatic heterocycles. The summed E-state index contributed by atoms with van der Waals surface area (Å²) in [5.74, 6) is -0.511. The number of para-hydroxylation sites is 3. The number of thiazole rings is 1. The molecule has 0 aliphatic carbocycles. The highest BCUT2D eigenvalue weighted by Crippen LogP contribution is 2.31. The second-order valence-electron chi connectivity index (χ2n) is 7.66. The molecule has 0 unspecified atom stereocenters. The quantitative estimate of drug-likeness (QED) is 0.0972. The number of carbonyl (C=O) groups excluding carboxylic acids is 2. The number of hydrogen-bond donors (Lipinski definition) is 0. The monoisotopic (exact) mass is 541 g/mol. The first-order valence-corrected chi connectivity index (χ1v) is 13.2. The van der Waals surface area contributed by atoms with Gasteiger partial charge in [-0.1, -0.05) is 53.4 Å². The van der Waals surface area contributed by atoms with E-state index in [1.165, 1.54) is 23.0 Å². The fourth-order valence-electron chi connectivity index (χ4n) is 3.66. The summed E-state index contributed by atoms with van der Waals surface area (Å²) in [6.45, 7) is 3.84. The highest BCUT2D eigenvalue weighted by molar-refractivity contribution is 7.99. The number of thioether (sulfide) groups is 1. The Morgan fingerprint density at radius 2 is 1.78 bits per heavy atom. The zero-order valence-electron chi connectivity index (χ0n) is 19.8. The molecule has 0 aliphatic heterocycles. The average Bonchev–Trinajstić information content (AvgIpc) is 3.19.